The van der Waals surface area contributed by atoms with Gasteiger partial charge in [0.1, 0.15) is 11.6 Å². The number of hydrogen-bond donors (Lipinski definition) is 0. The van der Waals surface area contributed by atoms with Crippen LogP contribution in [-0.4, -0.2) is 47.2 Å². The topological polar surface area (TPSA) is 66.8 Å². The normalized spacial score (nSPS) is 24.1. The van der Waals surface area contributed by atoms with Crippen molar-refractivity contribution in [3.8, 4) is 0 Å². The van der Waals surface area contributed by atoms with Crippen LogP contribution in [-0.2, 0) is 27.6 Å². The van der Waals surface area contributed by atoms with Gasteiger partial charge in [-0.1, -0.05) is 36.0 Å². The van der Waals surface area contributed by atoms with E-state index in [4.69, 9.17) is 0 Å². The van der Waals surface area contributed by atoms with Gasteiger partial charge in [-0.25, -0.2) is 17.2 Å². The Balaban J connectivity index is 1.56. The molecule has 2 aromatic carbocycles. The summed E-state index contributed by atoms with van der Waals surface area (Å²) in [5, 5.41) is 0.296. The summed E-state index contributed by atoms with van der Waals surface area (Å²) >= 11 is 1.30. The smallest absolute Gasteiger partial charge is 0.252 e. The van der Waals surface area contributed by atoms with Crippen molar-refractivity contribution in [1.82, 2.24) is 4.90 Å². The van der Waals surface area contributed by atoms with Gasteiger partial charge >= 0.3 is 0 Å². The molecule has 29 heavy (non-hydrogen) atoms. The summed E-state index contributed by atoms with van der Waals surface area (Å²) in [7, 11) is -3.14. The Bertz CT molecular complexity index is 1050. The van der Waals surface area contributed by atoms with Crippen LogP contribution in [0.3, 0.4) is 0 Å². The molecule has 0 bridgehead atoms. The van der Waals surface area contributed by atoms with Crippen LogP contribution in [0.2, 0.25) is 0 Å². The first-order chi connectivity index (χ1) is 13.8. The van der Waals surface area contributed by atoms with E-state index in [0.29, 0.717) is 17.3 Å². The predicted octanol–water partition coefficient (Wildman–Crippen LogP) is 2.80. The van der Waals surface area contributed by atoms with Crippen LogP contribution in [0.15, 0.2) is 53.5 Å². The third-order valence-electron chi connectivity index (χ3n) is 4.93. The van der Waals surface area contributed by atoms with Crippen LogP contribution < -0.4 is 0 Å². The quantitative estimate of drug-likeness (QED) is 0.738. The maximum atomic E-state index is 13.2. The van der Waals surface area contributed by atoms with Crippen LogP contribution in [0.1, 0.15) is 11.1 Å². The number of nitrogens with zero attached hydrogens (tertiary/aromatic N) is 2. The largest absolute Gasteiger partial charge is 0.342 e. The lowest BCUT2D eigenvalue weighted by Crippen LogP contribution is -2.37. The van der Waals surface area contributed by atoms with Gasteiger partial charge in [0.05, 0.1) is 24.0 Å². The van der Waals surface area contributed by atoms with Crippen molar-refractivity contribution in [1.29, 1.82) is 0 Å². The minimum Gasteiger partial charge on any atom is -0.342 e. The number of carbonyl (C=O) groups is 1. The standard InChI is InChI=1S/C20H18F2N2O3S2/c21-15-5-1-13(2-6-15)9-19(25)23-20-24(10-14-3-7-16(22)8-4-14)17-11-29(26,27)12-18(17)28-20/h1-8,17-18H,9-12H2. The minimum absolute atomic E-state index is 0.0109. The van der Waals surface area contributed by atoms with Gasteiger partial charge in [0.15, 0.2) is 15.0 Å². The summed E-state index contributed by atoms with van der Waals surface area (Å²) in [4.78, 5) is 18.5. The van der Waals surface area contributed by atoms with E-state index in [1.54, 1.807) is 12.1 Å². The molecule has 2 aliphatic heterocycles. The summed E-state index contributed by atoms with van der Waals surface area (Å²) in [5.41, 5.74) is 1.45. The van der Waals surface area contributed by atoms with Crippen LogP contribution in [0.25, 0.3) is 0 Å². The molecule has 2 aromatic rings. The molecular weight excluding hydrogens is 418 g/mol. The zero-order chi connectivity index (χ0) is 20.6. The zero-order valence-electron chi connectivity index (χ0n) is 15.3. The number of halogens is 2. The lowest BCUT2D eigenvalue weighted by Gasteiger charge is -2.24. The van der Waals surface area contributed by atoms with Gasteiger partial charge in [0.2, 0.25) is 0 Å². The van der Waals surface area contributed by atoms with E-state index in [9.17, 15) is 22.0 Å². The fourth-order valence-corrected chi connectivity index (χ4v) is 7.50. The number of amidine groups is 1. The molecule has 0 N–H and O–H groups in total. The number of sulfone groups is 1. The van der Waals surface area contributed by atoms with E-state index < -0.39 is 9.84 Å². The molecule has 2 aliphatic rings. The molecule has 0 aliphatic carbocycles. The second kappa shape index (κ2) is 7.87. The van der Waals surface area contributed by atoms with Crippen LogP contribution >= 0.6 is 11.8 Å². The molecule has 0 spiro atoms. The monoisotopic (exact) mass is 436 g/mol. The highest BCUT2D eigenvalue weighted by atomic mass is 32.2. The highest BCUT2D eigenvalue weighted by Crippen LogP contribution is 2.39. The fraction of sp³-hybridized carbons (Fsp3) is 0.300. The number of hydrogen-bond acceptors (Lipinski definition) is 4. The molecule has 0 saturated carbocycles. The molecule has 2 fully saturated rings. The molecular formula is C20H18F2N2O3S2. The maximum absolute atomic E-state index is 13.2. The molecule has 0 aromatic heterocycles. The van der Waals surface area contributed by atoms with Crippen LogP contribution in [0.4, 0.5) is 8.78 Å². The number of thioether (sulfide) groups is 1. The second-order valence-corrected chi connectivity index (χ2v) is 10.5. The van der Waals surface area contributed by atoms with Crippen molar-refractivity contribution in [3.63, 3.8) is 0 Å². The van der Waals surface area contributed by atoms with Crippen molar-refractivity contribution in [2.24, 2.45) is 4.99 Å². The Morgan fingerprint density at radius 2 is 1.59 bits per heavy atom. The maximum Gasteiger partial charge on any atom is 0.252 e. The van der Waals surface area contributed by atoms with Crippen molar-refractivity contribution in [2.45, 2.75) is 24.3 Å². The van der Waals surface area contributed by atoms with Gasteiger partial charge < -0.3 is 4.90 Å². The molecule has 5 nitrogen and oxygen atoms in total. The Morgan fingerprint density at radius 3 is 2.21 bits per heavy atom. The van der Waals surface area contributed by atoms with Crippen LogP contribution in [0, 0.1) is 11.6 Å². The van der Waals surface area contributed by atoms with E-state index in [1.165, 1.54) is 48.2 Å². The molecule has 2 atom stereocenters. The molecule has 2 saturated heterocycles. The number of aliphatic imine (C=N–C) groups is 1. The first-order valence-electron chi connectivity index (χ1n) is 9.03. The zero-order valence-corrected chi connectivity index (χ0v) is 16.9. The highest BCUT2D eigenvalue weighted by Gasteiger charge is 2.48. The Hall–Kier alpha value is -2.26. The summed E-state index contributed by atoms with van der Waals surface area (Å²) in [6.07, 6.45) is 0.0301. The Kier molecular flexibility index (Phi) is 5.44. The van der Waals surface area contributed by atoms with Gasteiger partial charge in [-0.05, 0) is 35.4 Å². The minimum atomic E-state index is -3.14. The van der Waals surface area contributed by atoms with Crippen LogP contribution in [0.5, 0.6) is 0 Å². The van der Waals surface area contributed by atoms with Gasteiger partial charge in [-0.2, -0.15) is 4.99 Å². The average molecular weight is 437 g/mol. The predicted molar refractivity (Wildman–Crippen MR) is 108 cm³/mol. The van der Waals surface area contributed by atoms with E-state index in [-0.39, 0.29) is 46.8 Å². The van der Waals surface area contributed by atoms with Gasteiger partial charge in [-0.3, -0.25) is 4.79 Å². The summed E-state index contributed by atoms with van der Waals surface area (Å²) in [6.45, 7) is 0.340. The number of fused-ring (bicyclic) bond motifs is 1. The second-order valence-electron chi connectivity index (χ2n) is 7.15. The number of amides is 1. The van der Waals surface area contributed by atoms with E-state index >= 15 is 0 Å². The van der Waals surface area contributed by atoms with E-state index in [0.717, 1.165) is 5.56 Å². The molecule has 4 rings (SSSR count). The molecule has 2 unspecified atom stereocenters. The molecule has 9 heteroatoms. The van der Waals surface area contributed by atoms with Gasteiger partial charge in [0, 0.05) is 11.8 Å². The summed E-state index contributed by atoms with van der Waals surface area (Å²) < 4.78 is 50.4. The van der Waals surface area contributed by atoms with Gasteiger partial charge in [0.25, 0.3) is 5.91 Å². The third kappa shape index (κ3) is 4.67. The Labute approximate surface area is 171 Å². The fourth-order valence-electron chi connectivity index (χ4n) is 3.53. The molecule has 0 radical (unpaired) electrons. The number of carbonyl (C=O) groups excluding carboxylic acids is 1. The third-order valence-corrected chi connectivity index (χ3v) is 8.18. The number of rotatable bonds is 4. The van der Waals surface area contributed by atoms with Gasteiger partial charge in [-0.15, -0.1) is 0 Å². The molecule has 2 heterocycles. The van der Waals surface area contributed by atoms with E-state index in [1.807, 2.05) is 4.90 Å². The lowest BCUT2D eigenvalue weighted by molar-refractivity contribution is -0.117. The molecule has 1 amide bonds. The van der Waals surface area contributed by atoms with Crippen molar-refractivity contribution >= 4 is 32.7 Å². The SMILES string of the molecule is O=C(Cc1ccc(F)cc1)N=C1SC2CS(=O)(=O)CC2N1Cc1ccc(F)cc1. The summed E-state index contributed by atoms with van der Waals surface area (Å²) in [5.74, 6) is -1.05. The highest BCUT2D eigenvalue weighted by molar-refractivity contribution is 8.15. The first-order valence-corrected chi connectivity index (χ1v) is 11.7. The Morgan fingerprint density at radius 1 is 1.00 bits per heavy atom. The first kappa shape index (κ1) is 20.0. The summed E-state index contributed by atoms with van der Waals surface area (Å²) in [6, 6.07) is 11.3. The average Bonchev–Trinajstić information content (AvgIpc) is 3.11. The molecule has 152 valence electrons. The van der Waals surface area contributed by atoms with Crippen molar-refractivity contribution in [2.75, 3.05) is 11.5 Å². The van der Waals surface area contributed by atoms with Crippen molar-refractivity contribution in [3.05, 3.63) is 71.3 Å². The van der Waals surface area contributed by atoms with Crippen molar-refractivity contribution < 1.29 is 22.0 Å². The van der Waals surface area contributed by atoms with E-state index in [2.05, 4.69) is 4.99 Å². The number of benzene rings is 2. The lowest BCUT2D eigenvalue weighted by atomic mass is 10.1.